The molecule has 0 radical (unpaired) electrons. The van der Waals surface area contributed by atoms with Crippen LogP contribution in [0.5, 0.6) is 0 Å². The van der Waals surface area contributed by atoms with E-state index < -0.39 is 41.2 Å². The van der Waals surface area contributed by atoms with Crippen LogP contribution in [0, 0.1) is 95.2 Å². The van der Waals surface area contributed by atoms with Crippen LogP contribution in [0.1, 0.15) is 151 Å². The van der Waals surface area contributed by atoms with Gasteiger partial charge in [-0.05, 0) is 219 Å². The van der Waals surface area contributed by atoms with Gasteiger partial charge in [-0.15, -0.1) is 11.1 Å². The van der Waals surface area contributed by atoms with E-state index in [4.69, 9.17) is 9.59 Å². The zero-order valence-corrected chi connectivity index (χ0v) is 70.1. The fourth-order valence-electron chi connectivity index (χ4n) is 13.9. The first-order valence-electron chi connectivity index (χ1n) is 34.4. The third kappa shape index (κ3) is 25.2. The molecule has 0 fully saturated rings. The summed E-state index contributed by atoms with van der Waals surface area (Å²) in [6.07, 6.45) is 0.250. The van der Waals surface area contributed by atoms with Crippen molar-refractivity contribution in [2.75, 3.05) is 0 Å². The predicted octanol–water partition coefficient (Wildman–Crippen LogP) is -11.0. The number of hydrogen-bond acceptors (Lipinski definition) is 15. The average Bonchev–Trinajstić information content (AvgIpc) is 1.52. The fourth-order valence-corrected chi connectivity index (χ4v) is 13.9. The van der Waals surface area contributed by atoms with Crippen molar-refractivity contribution in [2.24, 2.45) is 0 Å². The van der Waals surface area contributed by atoms with Crippen molar-refractivity contribution in [3.63, 3.8) is 0 Å². The zero-order chi connectivity index (χ0) is 78.6. The number of carboxylic acid groups (broad SMARTS) is 6. The Kier molecular flexibility index (Phi) is 44.8. The maximum absolute atomic E-state index is 11.5. The molecule has 15 nitrogen and oxygen atoms in total. The largest absolute Gasteiger partial charge is 1.00 e. The van der Waals surface area contributed by atoms with Gasteiger partial charge in [0, 0.05) is 16.9 Å². The molecule has 1 aliphatic rings. The molecule has 23 heteroatoms. The van der Waals surface area contributed by atoms with Gasteiger partial charge < -0.3 is 64.9 Å². The molecule has 14 aromatic rings. The number of aromatic carboxylic acids is 6. The number of benzene rings is 14. The van der Waals surface area contributed by atoms with Crippen molar-refractivity contribution in [3.05, 3.63) is 365 Å². The van der Waals surface area contributed by atoms with E-state index in [9.17, 15) is 59.4 Å². The van der Waals surface area contributed by atoms with E-state index in [1.54, 1.807) is 80.6 Å². The number of carbonyl (C=O) groups is 6. The molecule has 0 saturated carbocycles. The van der Waals surface area contributed by atoms with E-state index in [0.29, 0.717) is 5.56 Å². The molecule has 15 rings (SSSR count). The molecule has 0 bridgehead atoms. The molecular formula is C94H75Li8O15-. The second kappa shape index (κ2) is 48.4. The van der Waals surface area contributed by atoms with Crippen LogP contribution in [0.3, 0.4) is 0 Å². The molecule has 1 unspecified atom stereocenters. The topological polar surface area (TPSA) is 305 Å². The number of carbonyl (C=O) groups excluding carboxylic acids is 8. The van der Waals surface area contributed by atoms with Crippen LogP contribution < -0.4 is 182 Å². The Balaban J connectivity index is 0.00000142. The fraction of sp³-hybridized carbons (Fsp3) is 0.138. The quantitative estimate of drug-likeness (QED) is 0.0775. The van der Waals surface area contributed by atoms with Crippen molar-refractivity contribution in [1.29, 1.82) is 0 Å². The molecule has 1 N–H and O–H groups in total. The summed E-state index contributed by atoms with van der Waals surface area (Å²) in [5.41, 5.74) is 20.2. The van der Waals surface area contributed by atoms with E-state index in [-0.39, 0.29) is 196 Å². The van der Waals surface area contributed by atoms with Crippen LogP contribution in [0.2, 0.25) is 0 Å². The smallest absolute Gasteiger partial charge is 0.870 e. The maximum atomic E-state index is 11.5. The van der Waals surface area contributed by atoms with Crippen molar-refractivity contribution in [2.45, 2.75) is 88.5 Å². The standard InChI is InChI=1S/C32H23O2.2C17H14O2.2C9H10O2.C9H9O2.CO2.8Li.H2O/c1-20-12-17-27-28(18-20)32(23-8-4-3-5-9-23,24-15-13-22(14-16-24)31(33)34)29-19-21(2)25-10-6-7-11-26(25)30(27)29;1-10-4-6-14-13(7-10)9-12-5-3-11(2)8-15(12)16(14)17(18)19;1-10-13-5-3-4-6-14(13)11(2)16-9-12(17(18)19)7-8-15(10)16;1-6-3-7(2)5-8(4-6)9(10)11;1-6-3-4-8(9(10)11)5-7(6)2;1-6-3-4-7(2)8(5-6)9(10)11;2-1-3;;;;;;;;;/h4-19H,1-2H3,(H,33,34);2*3-9H,1-2H3,(H,18,19);2*3-5H,1-2H3,(H,10,11);4-5H,1-2H3,(H,10,11);;;;;;;;;;1H2/q-1;;;;;-1;;8*+1;/p-7. The van der Waals surface area contributed by atoms with E-state index >= 15 is 0 Å². The zero-order valence-electron chi connectivity index (χ0n) is 70.1. The summed E-state index contributed by atoms with van der Waals surface area (Å²) in [4.78, 5) is 81.5. The Labute approximate surface area is 778 Å². The van der Waals surface area contributed by atoms with Crippen LogP contribution in [0.15, 0.2) is 231 Å². The summed E-state index contributed by atoms with van der Waals surface area (Å²) in [7, 11) is 0. The second-order valence-electron chi connectivity index (χ2n) is 26.8. The number of fused-ring (bicyclic) bond motifs is 9. The van der Waals surface area contributed by atoms with Crippen LogP contribution in [-0.2, 0) is 15.0 Å². The number of carboxylic acids is 6. The van der Waals surface area contributed by atoms with E-state index in [1.807, 2.05) is 139 Å². The Morgan fingerprint density at radius 3 is 1.32 bits per heavy atom. The third-order valence-corrected chi connectivity index (χ3v) is 19.2. The first-order valence-corrected chi connectivity index (χ1v) is 34.4. The van der Waals surface area contributed by atoms with Crippen LogP contribution in [0.25, 0.3) is 65.0 Å². The molecule has 0 spiro atoms. The number of rotatable bonds is 8. The van der Waals surface area contributed by atoms with Crippen molar-refractivity contribution in [1.82, 2.24) is 0 Å². The minimum Gasteiger partial charge on any atom is -0.870 e. The van der Waals surface area contributed by atoms with Crippen molar-refractivity contribution < 1.29 is 225 Å². The van der Waals surface area contributed by atoms with Gasteiger partial charge in [0.05, 0.1) is 29.8 Å². The second-order valence-corrected chi connectivity index (χ2v) is 26.8. The van der Waals surface area contributed by atoms with Crippen molar-refractivity contribution >= 4 is 95.8 Å². The van der Waals surface area contributed by atoms with Gasteiger partial charge in [-0.1, -0.05) is 218 Å². The minimum atomic E-state index is -1.17. The van der Waals surface area contributed by atoms with Gasteiger partial charge in [0.25, 0.3) is 0 Å². The maximum Gasteiger partial charge on any atom is 1.00 e. The summed E-state index contributed by atoms with van der Waals surface area (Å²) in [5.74, 6) is -6.78. The van der Waals surface area contributed by atoms with E-state index in [2.05, 4.69) is 106 Å². The van der Waals surface area contributed by atoms with E-state index in [1.165, 1.54) is 60.5 Å². The van der Waals surface area contributed by atoms with Gasteiger partial charge in [-0.25, -0.2) is 0 Å². The molecule has 0 amide bonds. The van der Waals surface area contributed by atoms with E-state index in [0.717, 1.165) is 88.0 Å². The van der Waals surface area contributed by atoms with Gasteiger partial charge in [-0.2, -0.15) is 69.2 Å². The summed E-state index contributed by atoms with van der Waals surface area (Å²) < 4.78 is 0. The minimum absolute atomic E-state index is 0. The summed E-state index contributed by atoms with van der Waals surface area (Å²) in [6.45, 7) is 23.4. The summed E-state index contributed by atoms with van der Waals surface area (Å²) >= 11 is 0. The number of hydrogen-bond donors (Lipinski definition) is 0. The molecule has 1 atom stereocenters. The molecule has 0 aromatic heterocycles. The molecule has 550 valence electrons. The SMILES string of the molecule is Cc1[c-]cc(C)c(C(=O)[O-])c1.Cc1c2ccccc2c(C)c2cc(C(=O)[O-])ccc12.Cc1cc(C)cc(C(=O)[O-])c1.Cc1ccc(C(=O)[O-])cc1C.Cc1ccc2c(C(=O)[O-])c3cc(C)ccc3cc2c1.Cc1ccc2c(c1)C(c1cc[c-]cc1)(c1ccc(C(=O)[O-])cc1)c1cc(C)c3ccccc3c1-2.O=C=O.[Li+].[Li+].[Li+].[Li+].[Li+].[Li+].[Li+].[Li+].[OH-]. The van der Waals surface area contributed by atoms with Crippen molar-refractivity contribution in [3.8, 4) is 11.1 Å². The molecule has 117 heavy (non-hydrogen) atoms. The number of aryl methyl sites for hydroxylation is 12. The summed E-state index contributed by atoms with van der Waals surface area (Å²) in [6, 6.07) is 79.3. The third-order valence-electron chi connectivity index (χ3n) is 19.2. The van der Waals surface area contributed by atoms with Crippen LogP contribution in [-0.4, -0.2) is 47.4 Å². The van der Waals surface area contributed by atoms with Crippen LogP contribution >= 0.6 is 0 Å². The van der Waals surface area contributed by atoms with Gasteiger partial charge in [0.1, 0.15) is 0 Å². The molecule has 0 aliphatic heterocycles. The Morgan fingerprint density at radius 2 is 0.786 bits per heavy atom. The first-order chi connectivity index (χ1) is 51.4. The molecular weight excluding hydrogens is 1420 g/mol. The molecule has 1 aliphatic carbocycles. The summed E-state index contributed by atoms with van der Waals surface area (Å²) in [5, 5.41) is 75.5. The Morgan fingerprint density at radius 1 is 0.325 bits per heavy atom. The molecule has 14 aromatic carbocycles. The molecule has 0 heterocycles. The van der Waals surface area contributed by atoms with Gasteiger partial charge in [0.2, 0.25) is 0 Å². The molecule has 0 saturated heterocycles. The Bertz CT molecular complexity index is 5910. The van der Waals surface area contributed by atoms with Gasteiger partial charge >= 0.3 is 157 Å². The average molecular weight is 1500 g/mol. The van der Waals surface area contributed by atoms with Gasteiger partial charge in [0.15, 0.2) is 0 Å². The Hall–Kier alpha value is -8.68. The van der Waals surface area contributed by atoms with Crippen LogP contribution in [0.4, 0.5) is 0 Å². The normalized spacial score (nSPS) is 11.1. The monoisotopic (exact) mass is 1500 g/mol. The predicted molar refractivity (Wildman–Crippen MR) is 411 cm³/mol. The van der Waals surface area contributed by atoms with Gasteiger partial charge in [-0.3, -0.25) is 0 Å². The first kappa shape index (κ1) is 108.